The Balaban J connectivity index is 1.74. The summed E-state index contributed by atoms with van der Waals surface area (Å²) in [5, 5.41) is 18.6. The Kier molecular flexibility index (Phi) is 6.39. The molecule has 0 atom stereocenters. The molecule has 6 heteroatoms. The van der Waals surface area contributed by atoms with Crippen LogP contribution in [0.3, 0.4) is 0 Å². The molecule has 0 radical (unpaired) electrons. The van der Waals surface area contributed by atoms with Crippen LogP contribution in [-0.4, -0.2) is 37.1 Å². The molecule has 1 saturated heterocycles. The van der Waals surface area contributed by atoms with Crippen LogP contribution in [0.4, 0.5) is 0 Å². The van der Waals surface area contributed by atoms with Gasteiger partial charge in [0.2, 0.25) is 0 Å². The first-order valence-electron chi connectivity index (χ1n) is 9.71. The first-order chi connectivity index (χ1) is 14.4. The van der Waals surface area contributed by atoms with E-state index in [1.165, 1.54) is 0 Å². The van der Waals surface area contributed by atoms with Crippen molar-refractivity contribution in [3.63, 3.8) is 0 Å². The van der Waals surface area contributed by atoms with E-state index in [0.29, 0.717) is 30.2 Å². The summed E-state index contributed by atoms with van der Waals surface area (Å²) in [4.78, 5) is 14.0. The molecule has 1 fully saturated rings. The molecule has 0 aromatic heterocycles. The van der Waals surface area contributed by atoms with Gasteiger partial charge in [-0.05, 0) is 35.7 Å². The molecule has 1 amide bonds. The number of hydrogen-bond acceptors (Lipinski definition) is 5. The van der Waals surface area contributed by atoms with Crippen LogP contribution in [0.15, 0.2) is 54.1 Å². The molecule has 1 heterocycles. The molecule has 0 aliphatic carbocycles. The summed E-state index contributed by atoms with van der Waals surface area (Å²) >= 11 is 0. The number of likely N-dealkylation sites (tertiary alicyclic amines) is 1. The van der Waals surface area contributed by atoms with Crippen molar-refractivity contribution in [3.05, 3.63) is 59.7 Å². The second kappa shape index (κ2) is 9.15. The summed E-state index contributed by atoms with van der Waals surface area (Å²) in [7, 11) is 1.60. The predicted molar refractivity (Wildman–Crippen MR) is 113 cm³/mol. The fourth-order valence-electron chi connectivity index (χ4n) is 3.30. The highest BCUT2D eigenvalue weighted by Crippen LogP contribution is 2.33. The molecule has 6 nitrogen and oxygen atoms in total. The molecule has 30 heavy (non-hydrogen) atoms. The van der Waals surface area contributed by atoms with Crippen molar-refractivity contribution < 1.29 is 14.3 Å². The lowest BCUT2D eigenvalue weighted by Crippen LogP contribution is -2.56. The summed E-state index contributed by atoms with van der Waals surface area (Å²) in [6, 6.07) is 17.1. The normalized spacial score (nSPS) is 13.9. The molecule has 3 rings (SSSR count). The Morgan fingerprint density at radius 1 is 1.20 bits per heavy atom. The van der Waals surface area contributed by atoms with E-state index < -0.39 is 0 Å². The van der Waals surface area contributed by atoms with Gasteiger partial charge in [0.1, 0.15) is 29.2 Å². The van der Waals surface area contributed by atoms with Gasteiger partial charge in [-0.3, -0.25) is 4.79 Å². The average Bonchev–Trinajstić information content (AvgIpc) is 2.73. The van der Waals surface area contributed by atoms with E-state index in [0.717, 1.165) is 11.1 Å². The van der Waals surface area contributed by atoms with Crippen LogP contribution < -0.4 is 9.47 Å². The summed E-state index contributed by atoms with van der Waals surface area (Å²) in [6.45, 7) is 4.65. The van der Waals surface area contributed by atoms with Gasteiger partial charge in [0.05, 0.1) is 31.8 Å². The molecule has 0 N–H and O–H groups in total. The van der Waals surface area contributed by atoms with Crippen molar-refractivity contribution in [1.29, 1.82) is 10.5 Å². The summed E-state index contributed by atoms with van der Waals surface area (Å²) < 4.78 is 11.4. The number of methoxy groups -OCH3 is 1. The Hall–Kier alpha value is -3.77. The number of allylic oxidation sites excluding steroid dienone is 1. The van der Waals surface area contributed by atoms with Crippen molar-refractivity contribution in [2.24, 2.45) is 5.92 Å². The number of benzene rings is 2. The molecule has 0 unspecified atom stereocenters. The molecule has 152 valence electrons. The highest BCUT2D eigenvalue weighted by atomic mass is 16.5. The SMILES string of the molecule is COc1ccccc1-c1cc(C#N)cc(OC2CN(C(=O)/C(C#N)=C/C(C)C)C2)c1. The molecule has 1 aliphatic rings. The zero-order valence-electron chi connectivity index (χ0n) is 17.3. The number of nitrogens with zero attached hydrogens (tertiary/aromatic N) is 3. The van der Waals surface area contributed by atoms with Crippen LogP contribution in [0, 0.1) is 28.6 Å². The van der Waals surface area contributed by atoms with E-state index in [1.807, 2.05) is 50.2 Å². The maximum atomic E-state index is 12.4. The van der Waals surface area contributed by atoms with Crippen molar-refractivity contribution in [2.45, 2.75) is 20.0 Å². The number of rotatable bonds is 6. The van der Waals surface area contributed by atoms with Crippen LogP contribution in [0.1, 0.15) is 19.4 Å². The van der Waals surface area contributed by atoms with E-state index in [4.69, 9.17) is 9.47 Å². The number of ether oxygens (including phenoxy) is 2. The van der Waals surface area contributed by atoms with Crippen LogP contribution in [0.5, 0.6) is 11.5 Å². The number of para-hydroxylation sites is 1. The van der Waals surface area contributed by atoms with Crippen LogP contribution in [-0.2, 0) is 4.79 Å². The van der Waals surface area contributed by atoms with E-state index in [1.54, 1.807) is 30.2 Å². The molecule has 2 aromatic carbocycles. The van der Waals surface area contributed by atoms with E-state index >= 15 is 0 Å². The van der Waals surface area contributed by atoms with Crippen molar-refractivity contribution >= 4 is 5.91 Å². The largest absolute Gasteiger partial charge is 0.496 e. The lowest BCUT2D eigenvalue weighted by Gasteiger charge is -2.39. The monoisotopic (exact) mass is 401 g/mol. The quantitative estimate of drug-likeness (QED) is 0.541. The average molecular weight is 401 g/mol. The topological polar surface area (TPSA) is 86.3 Å². The first kappa shape index (κ1) is 21.0. The number of amides is 1. The van der Waals surface area contributed by atoms with Gasteiger partial charge < -0.3 is 14.4 Å². The zero-order valence-corrected chi connectivity index (χ0v) is 17.3. The second-order valence-corrected chi connectivity index (χ2v) is 7.44. The third-order valence-corrected chi connectivity index (χ3v) is 4.74. The van der Waals surface area contributed by atoms with Gasteiger partial charge in [-0.25, -0.2) is 0 Å². The smallest absolute Gasteiger partial charge is 0.264 e. The lowest BCUT2D eigenvalue weighted by molar-refractivity contribution is -0.135. The highest BCUT2D eigenvalue weighted by molar-refractivity contribution is 5.97. The number of carbonyl (C=O) groups excluding carboxylic acids is 1. The van der Waals surface area contributed by atoms with Gasteiger partial charge in [-0.1, -0.05) is 38.1 Å². The minimum atomic E-state index is -0.272. The summed E-state index contributed by atoms with van der Waals surface area (Å²) in [5.41, 5.74) is 2.32. The number of carbonyl (C=O) groups is 1. The fraction of sp³-hybridized carbons (Fsp3) is 0.292. The molecular weight excluding hydrogens is 378 g/mol. The molecule has 1 aliphatic heterocycles. The van der Waals surface area contributed by atoms with E-state index in [9.17, 15) is 15.3 Å². The van der Waals surface area contributed by atoms with E-state index in [-0.39, 0.29) is 23.5 Å². The first-order valence-corrected chi connectivity index (χ1v) is 9.71. The maximum absolute atomic E-state index is 12.4. The Morgan fingerprint density at radius 3 is 2.57 bits per heavy atom. The van der Waals surface area contributed by atoms with Crippen LogP contribution in [0.25, 0.3) is 11.1 Å². The second-order valence-electron chi connectivity index (χ2n) is 7.44. The summed E-state index contributed by atoms with van der Waals surface area (Å²) in [6.07, 6.45) is 1.49. The third-order valence-electron chi connectivity index (χ3n) is 4.74. The molecule has 0 spiro atoms. The third kappa shape index (κ3) is 4.61. The Labute approximate surface area is 176 Å². The Bertz CT molecular complexity index is 1050. The summed E-state index contributed by atoms with van der Waals surface area (Å²) in [5.74, 6) is 1.12. The van der Waals surface area contributed by atoms with Crippen molar-refractivity contribution in [2.75, 3.05) is 20.2 Å². The van der Waals surface area contributed by atoms with Crippen molar-refractivity contribution in [3.8, 4) is 34.8 Å². The van der Waals surface area contributed by atoms with Crippen molar-refractivity contribution in [1.82, 2.24) is 4.90 Å². The molecule has 2 aromatic rings. The molecule has 0 bridgehead atoms. The number of hydrogen-bond donors (Lipinski definition) is 0. The highest BCUT2D eigenvalue weighted by Gasteiger charge is 2.34. The van der Waals surface area contributed by atoms with Gasteiger partial charge in [-0.15, -0.1) is 0 Å². The number of nitriles is 2. The molecular formula is C24H23N3O3. The predicted octanol–water partition coefficient (Wildman–Crippen LogP) is 3.93. The van der Waals surface area contributed by atoms with Gasteiger partial charge in [0.25, 0.3) is 5.91 Å². The fourth-order valence-corrected chi connectivity index (χ4v) is 3.30. The zero-order chi connectivity index (χ0) is 21.7. The standard InChI is InChI=1S/C24H23N3O3/c1-16(2)8-19(13-26)24(28)27-14-21(15-27)30-20-10-17(12-25)9-18(11-20)22-6-4-5-7-23(22)29-3/h4-11,16,21H,14-15H2,1-3H3/b19-8+. The van der Waals surface area contributed by atoms with Gasteiger partial charge >= 0.3 is 0 Å². The van der Waals surface area contributed by atoms with Crippen LogP contribution in [0.2, 0.25) is 0 Å². The van der Waals surface area contributed by atoms with Gasteiger partial charge in [0.15, 0.2) is 0 Å². The minimum absolute atomic E-state index is 0.124. The molecule has 0 saturated carbocycles. The van der Waals surface area contributed by atoms with Crippen LogP contribution >= 0.6 is 0 Å². The maximum Gasteiger partial charge on any atom is 0.264 e. The van der Waals surface area contributed by atoms with E-state index in [2.05, 4.69) is 6.07 Å². The van der Waals surface area contributed by atoms with Gasteiger partial charge in [-0.2, -0.15) is 10.5 Å². The lowest BCUT2D eigenvalue weighted by atomic mass is 10.0. The van der Waals surface area contributed by atoms with Gasteiger partial charge in [0, 0.05) is 5.56 Å². The Morgan fingerprint density at radius 2 is 1.93 bits per heavy atom. The minimum Gasteiger partial charge on any atom is -0.496 e.